The minimum atomic E-state index is 0.0820. The van der Waals surface area contributed by atoms with E-state index < -0.39 is 0 Å². The molecule has 0 N–H and O–H groups in total. The van der Waals surface area contributed by atoms with E-state index in [4.69, 9.17) is 9.47 Å². The van der Waals surface area contributed by atoms with E-state index in [0.29, 0.717) is 17.3 Å². The van der Waals surface area contributed by atoms with E-state index in [2.05, 4.69) is 16.7 Å². The minimum absolute atomic E-state index is 0.0820. The molecule has 3 aliphatic heterocycles. The van der Waals surface area contributed by atoms with Gasteiger partial charge in [0, 0.05) is 44.7 Å². The zero-order valence-corrected chi connectivity index (χ0v) is 18.8. The molecule has 6 fully saturated rings. The molecule has 3 saturated carbocycles. The largest absolute Gasteiger partial charge is 0.462 e. The molecule has 1 spiro atoms. The Hall–Kier alpha value is -0.650. The van der Waals surface area contributed by atoms with Crippen LogP contribution in [-0.4, -0.2) is 72.8 Å². The summed E-state index contributed by atoms with van der Waals surface area (Å²) in [6.07, 6.45) is 13.2. The van der Waals surface area contributed by atoms with Gasteiger partial charge >= 0.3 is 5.97 Å². The third-order valence-electron chi connectivity index (χ3n) is 10.0. The highest BCUT2D eigenvalue weighted by Crippen LogP contribution is 2.62. The molecule has 0 aromatic rings. The van der Waals surface area contributed by atoms with E-state index in [1.54, 1.807) is 0 Å². The van der Waals surface area contributed by atoms with E-state index in [9.17, 15) is 4.79 Å². The Labute approximate surface area is 181 Å². The van der Waals surface area contributed by atoms with Crippen molar-refractivity contribution in [3.05, 3.63) is 0 Å². The fourth-order valence-electron chi connectivity index (χ4n) is 8.20. The van der Waals surface area contributed by atoms with Crippen molar-refractivity contribution >= 4 is 5.97 Å². The van der Waals surface area contributed by atoms with Gasteiger partial charge < -0.3 is 9.47 Å². The van der Waals surface area contributed by atoms with Crippen molar-refractivity contribution < 1.29 is 14.3 Å². The third kappa shape index (κ3) is 3.34. The lowest BCUT2D eigenvalue weighted by Gasteiger charge is -2.51. The lowest BCUT2D eigenvalue weighted by molar-refractivity contribution is -0.147. The highest BCUT2D eigenvalue weighted by Gasteiger charge is 2.65. The molecule has 6 rings (SSSR count). The van der Waals surface area contributed by atoms with Crippen LogP contribution in [0.25, 0.3) is 0 Å². The molecule has 0 unspecified atom stereocenters. The normalized spacial score (nSPS) is 47.7. The van der Waals surface area contributed by atoms with Gasteiger partial charge in [-0.1, -0.05) is 26.2 Å². The van der Waals surface area contributed by atoms with Gasteiger partial charge in [-0.25, -0.2) is 0 Å². The van der Waals surface area contributed by atoms with Crippen LogP contribution in [0.15, 0.2) is 0 Å². The minimum Gasteiger partial charge on any atom is -0.462 e. The van der Waals surface area contributed by atoms with Crippen LogP contribution in [0.5, 0.6) is 0 Å². The number of ether oxygens (including phenoxy) is 2. The first-order valence-electron chi connectivity index (χ1n) is 12.9. The van der Waals surface area contributed by atoms with Crippen LogP contribution in [0.3, 0.4) is 0 Å². The maximum atomic E-state index is 12.9. The van der Waals surface area contributed by atoms with Gasteiger partial charge in [0.1, 0.15) is 6.10 Å². The van der Waals surface area contributed by atoms with Gasteiger partial charge in [-0.15, -0.1) is 0 Å². The Morgan fingerprint density at radius 1 is 1.03 bits per heavy atom. The van der Waals surface area contributed by atoms with Gasteiger partial charge in [-0.05, 0) is 56.3 Å². The van der Waals surface area contributed by atoms with E-state index in [1.807, 2.05) is 0 Å². The summed E-state index contributed by atoms with van der Waals surface area (Å²) in [5.41, 5.74) is 0.455. The monoisotopic (exact) mass is 416 g/mol. The molecular formula is C25H40N2O3. The summed E-state index contributed by atoms with van der Waals surface area (Å²) >= 11 is 0. The van der Waals surface area contributed by atoms with Gasteiger partial charge in [0.25, 0.3) is 0 Å². The maximum Gasteiger partial charge on any atom is 0.310 e. The second-order valence-electron chi connectivity index (χ2n) is 11.7. The number of epoxide rings is 1. The second-order valence-corrected chi connectivity index (χ2v) is 11.7. The molecule has 3 saturated heterocycles. The van der Waals surface area contributed by atoms with Gasteiger partial charge in [-0.3, -0.25) is 14.6 Å². The number of hydrogen-bond donors (Lipinski definition) is 0. The first-order chi connectivity index (χ1) is 14.6. The van der Waals surface area contributed by atoms with E-state index in [0.717, 1.165) is 45.1 Å². The molecule has 168 valence electrons. The first-order valence-corrected chi connectivity index (χ1v) is 12.9. The average molecular weight is 417 g/mol. The lowest BCUT2D eigenvalue weighted by atomic mass is 9.53. The van der Waals surface area contributed by atoms with Crippen LogP contribution < -0.4 is 0 Å². The second kappa shape index (κ2) is 7.45. The molecule has 0 aromatic heterocycles. The molecule has 0 bridgehead atoms. The fraction of sp³-hybridized carbons (Fsp3) is 0.960. The van der Waals surface area contributed by atoms with Crippen LogP contribution in [0.2, 0.25) is 0 Å². The SMILES string of the molecule is C[C@]12CCC[C@@]3(CO3)[C@@H]1C[C@H]1[C@@H](C2)OC(=O)[C@@H]1CN1CCN(C2CCCCC2)CC1. The van der Waals surface area contributed by atoms with E-state index in [1.165, 1.54) is 64.5 Å². The van der Waals surface area contributed by atoms with Crippen molar-refractivity contribution in [2.45, 2.75) is 88.9 Å². The number of carbonyl (C=O) groups is 1. The smallest absolute Gasteiger partial charge is 0.310 e. The molecule has 0 radical (unpaired) electrons. The van der Waals surface area contributed by atoms with Crippen molar-refractivity contribution in [1.29, 1.82) is 0 Å². The standard InChI is InChI=1S/C25H40N2O3/c1-24-8-5-9-25(17-29-25)22(24)14-19-20(23(28)30-21(19)15-24)16-26-10-12-27(13-11-26)18-6-3-2-4-7-18/h18-22H,2-17H2,1H3/t19-,20-,21-,22-,24-,25-/m1/s1. The molecule has 5 nitrogen and oxygen atoms in total. The van der Waals surface area contributed by atoms with Crippen molar-refractivity contribution in [2.24, 2.45) is 23.2 Å². The quantitative estimate of drug-likeness (QED) is 0.521. The molecule has 0 amide bonds. The van der Waals surface area contributed by atoms with Crippen LogP contribution >= 0.6 is 0 Å². The third-order valence-corrected chi connectivity index (χ3v) is 10.0. The predicted octanol–water partition coefficient (Wildman–Crippen LogP) is 3.46. The van der Waals surface area contributed by atoms with Crippen molar-refractivity contribution in [2.75, 3.05) is 39.3 Å². The molecule has 30 heavy (non-hydrogen) atoms. The summed E-state index contributed by atoms with van der Waals surface area (Å²) in [5, 5.41) is 0. The van der Waals surface area contributed by atoms with E-state index in [-0.39, 0.29) is 23.6 Å². The Bertz CT molecular complexity index is 665. The summed E-state index contributed by atoms with van der Waals surface area (Å²) in [7, 11) is 0. The summed E-state index contributed by atoms with van der Waals surface area (Å²) < 4.78 is 12.1. The van der Waals surface area contributed by atoms with Crippen LogP contribution in [0, 0.1) is 23.2 Å². The topological polar surface area (TPSA) is 45.3 Å². The van der Waals surface area contributed by atoms with Crippen molar-refractivity contribution in [3.8, 4) is 0 Å². The first kappa shape index (κ1) is 20.0. The molecule has 6 aliphatic rings. The maximum absolute atomic E-state index is 12.9. The summed E-state index contributed by atoms with van der Waals surface area (Å²) in [6, 6.07) is 0.818. The Morgan fingerprint density at radius 2 is 1.80 bits per heavy atom. The molecule has 3 aliphatic carbocycles. The predicted molar refractivity (Wildman–Crippen MR) is 115 cm³/mol. The molecule has 0 aromatic carbocycles. The number of rotatable bonds is 3. The molecule has 6 atom stereocenters. The number of hydrogen-bond acceptors (Lipinski definition) is 5. The number of nitrogens with zero attached hydrogens (tertiary/aromatic N) is 2. The summed E-state index contributed by atoms with van der Waals surface area (Å²) in [4.78, 5) is 18.2. The van der Waals surface area contributed by atoms with E-state index >= 15 is 0 Å². The number of carbonyl (C=O) groups excluding carboxylic acids is 1. The summed E-state index contributed by atoms with van der Waals surface area (Å²) in [5.74, 6) is 1.21. The number of fused-ring (bicyclic) bond motifs is 3. The number of esters is 1. The van der Waals surface area contributed by atoms with Gasteiger partial charge in [0.05, 0.1) is 18.1 Å². The van der Waals surface area contributed by atoms with Gasteiger partial charge in [0.15, 0.2) is 0 Å². The highest BCUT2D eigenvalue weighted by molar-refractivity contribution is 5.75. The highest BCUT2D eigenvalue weighted by atomic mass is 16.6. The van der Waals surface area contributed by atoms with Crippen LogP contribution in [0.4, 0.5) is 0 Å². The van der Waals surface area contributed by atoms with Gasteiger partial charge in [-0.2, -0.15) is 0 Å². The number of piperazine rings is 1. The van der Waals surface area contributed by atoms with Crippen LogP contribution in [-0.2, 0) is 14.3 Å². The Kier molecular flexibility index (Phi) is 4.97. The Morgan fingerprint density at radius 3 is 2.53 bits per heavy atom. The summed E-state index contributed by atoms with van der Waals surface area (Å²) in [6.45, 7) is 8.90. The Balaban J connectivity index is 1.10. The zero-order valence-electron chi connectivity index (χ0n) is 18.8. The van der Waals surface area contributed by atoms with Gasteiger partial charge in [0.2, 0.25) is 0 Å². The average Bonchev–Trinajstić information content (AvgIpc) is 3.46. The zero-order chi connectivity index (χ0) is 20.3. The molecular weight excluding hydrogens is 376 g/mol. The fourth-order valence-corrected chi connectivity index (χ4v) is 8.20. The lowest BCUT2D eigenvalue weighted by Crippen LogP contribution is -2.53. The molecule has 5 heteroatoms. The molecule has 3 heterocycles. The van der Waals surface area contributed by atoms with Crippen molar-refractivity contribution in [1.82, 2.24) is 9.80 Å². The van der Waals surface area contributed by atoms with Crippen LogP contribution in [0.1, 0.15) is 71.1 Å². The van der Waals surface area contributed by atoms with Crippen molar-refractivity contribution in [3.63, 3.8) is 0 Å².